The molecule has 1 fully saturated rings. The molecule has 2 atom stereocenters. The maximum Gasteiger partial charge on any atom is 0.410 e. The lowest BCUT2D eigenvalue weighted by Crippen LogP contribution is -2.36. The lowest BCUT2D eigenvalue weighted by atomic mass is 9.96. The first-order valence-electron chi connectivity index (χ1n) is 9.62. The Morgan fingerprint density at radius 3 is 2.23 bits per heavy atom. The molecule has 1 aliphatic rings. The molecule has 2 aromatic carbocycles. The van der Waals surface area contributed by atoms with E-state index < -0.39 is 28.7 Å². The van der Waals surface area contributed by atoms with E-state index in [1.165, 1.54) is 29.2 Å². The van der Waals surface area contributed by atoms with Gasteiger partial charge in [0.15, 0.2) is 0 Å². The van der Waals surface area contributed by atoms with Gasteiger partial charge in [-0.1, -0.05) is 30.3 Å². The average Bonchev–Trinajstić information content (AvgIpc) is 3.11. The smallest absolute Gasteiger partial charge is 0.410 e. The Labute approximate surface area is 174 Å². The summed E-state index contributed by atoms with van der Waals surface area (Å²) < 4.78 is 11.2. The van der Waals surface area contributed by atoms with E-state index in [2.05, 4.69) is 0 Å². The number of hydrogen-bond acceptors (Lipinski definition) is 6. The van der Waals surface area contributed by atoms with Crippen molar-refractivity contribution < 1.29 is 24.0 Å². The van der Waals surface area contributed by atoms with Crippen LogP contribution in [0.3, 0.4) is 0 Å². The minimum atomic E-state index is -0.632. The van der Waals surface area contributed by atoms with Crippen molar-refractivity contribution in [3.63, 3.8) is 0 Å². The zero-order valence-corrected chi connectivity index (χ0v) is 17.1. The number of ether oxygens (including phenoxy) is 2. The Morgan fingerprint density at radius 2 is 1.67 bits per heavy atom. The second-order valence-corrected chi connectivity index (χ2v) is 8.15. The minimum Gasteiger partial charge on any atom is -0.456 e. The Kier molecular flexibility index (Phi) is 6.05. The fourth-order valence-electron chi connectivity index (χ4n) is 3.31. The van der Waals surface area contributed by atoms with Gasteiger partial charge in [0.25, 0.3) is 5.69 Å². The highest BCUT2D eigenvalue weighted by atomic mass is 16.6. The summed E-state index contributed by atoms with van der Waals surface area (Å²) in [4.78, 5) is 37.0. The molecule has 0 N–H and O–H groups in total. The number of nitrogens with zero attached hydrogens (tertiary/aromatic N) is 2. The third-order valence-electron chi connectivity index (χ3n) is 4.72. The predicted octanol–water partition coefficient (Wildman–Crippen LogP) is 4.15. The third-order valence-corrected chi connectivity index (χ3v) is 4.72. The number of benzene rings is 2. The molecule has 2 aromatic rings. The molecule has 0 bridgehead atoms. The van der Waals surface area contributed by atoms with Crippen LogP contribution in [0.2, 0.25) is 0 Å². The number of nitro groups is 1. The summed E-state index contributed by atoms with van der Waals surface area (Å²) in [5.41, 5.74) is 0.422. The molecule has 8 heteroatoms. The standard InChI is InChI=1S/C22H24N2O6/c1-22(2,3)30-21(26)23-13-18(15-7-5-4-6-8-15)19(14-23)29-20(25)16-9-11-17(12-10-16)24(27)28/h4-12,18-19H,13-14H2,1-3H3/t18?,19-/m0/s1. The molecule has 3 rings (SSSR count). The van der Waals surface area contributed by atoms with E-state index in [0.29, 0.717) is 6.54 Å². The molecule has 1 amide bonds. The lowest BCUT2D eigenvalue weighted by molar-refractivity contribution is -0.384. The third kappa shape index (κ3) is 5.14. The second kappa shape index (κ2) is 8.52. The van der Waals surface area contributed by atoms with Crippen LogP contribution in [-0.4, -0.2) is 46.7 Å². The van der Waals surface area contributed by atoms with Crippen molar-refractivity contribution in [2.24, 2.45) is 0 Å². The van der Waals surface area contributed by atoms with Gasteiger partial charge in [-0.25, -0.2) is 9.59 Å². The number of hydrogen-bond donors (Lipinski definition) is 0. The van der Waals surface area contributed by atoms with Crippen LogP contribution >= 0.6 is 0 Å². The van der Waals surface area contributed by atoms with Gasteiger partial charge in [0.1, 0.15) is 11.7 Å². The van der Waals surface area contributed by atoms with Gasteiger partial charge in [0, 0.05) is 24.6 Å². The highest BCUT2D eigenvalue weighted by Gasteiger charge is 2.40. The van der Waals surface area contributed by atoms with Gasteiger partial charge < -0.3 is 14.4 Å². The minimum absolute atomic E-state index is 0.106. The summed E-state index contributed by atoms with van der Waals surface area (Å²) in [6.45, 7) is 5.94. The van der Waals surface area contributed by atoms with Crippen LogP contribution in [0.1, 0.15) is 42.6 Å². The number of esters is 1. The van der Waals surface area contributed by atoms with E-state index in [0.717, 1.165) is 5.56 Å². The first-order valence-corrected chi connectivity index (χ1v) is 9.62. The van der Waals surface area contributed by atoms with Gasteiger partial charge in [-0.3, -0.25) is 10.1 Å². The highest BCUT2D eigenvalue weighted by Crippen LogP contribution is 2.31. The molecule has 0 radical (unpaired) electrons. The summed E-state index contributed by atoms with van der Waals surface area (Å²) in [6.07, 6.45) is -1.03. The highest BCUT2D eigenvalue weighted by molar-refractivity contribution is 5.89. The SMILES string of the molecule is CC(C)(C)OC(=O)N1CC(c2ccccc2)[C@@H](OC(=O)c2ccc([N+](=O)[O-])cc2)C1. The van der Waals surface area contributed by atoms with Crippen LogP contribution < -0.4 is 0 Å². The molecule has 0 aromatic heterocycles. The lowest BCUT2D eigenvalue weighted by Gasteiger charge is -2.24. The summed E-state index contributed by atoms with van der Waals surface area (Å²) in [7, 11) is 0. The largest absolute Gasteiger partial charge is 0.456 e. The maximum atomic E-state index is 12.6. The molecule has 1 aliphatic heterocycles. The van der Waals surface area contributed by atoms with Crippen LogP contribution in [0.15, 0.2) is 54.6 Å². The number of amides is 1. The van der Waals surface area contributed by atoms with Gasteiger partial charge >= 0.3 is 12.1 Å². The molecule has 0 saturated carbocycles. The first-order chi connectivity index (χ1) is 14.1. The fraction of sp³-hybridized carbons (Fsp3) is 0.364. The van der Waals surface area contributed by atoms with Crippen molar-refractivity contribution in [2.75, 3.05) is 13.1 Å². The Morgan fingerprint density at radius 1 is 1.03 bits per heavy atom. The second-order valence-electron chi connectivity index (χ2n) is 8.15. The van der Waals surface area contributed by atoms with E-state index in [1.54, 1.807) is 20.8 Å². The van der Waals surface area contributed by atoms with Gasteiger partial charge in [-0.05, 0) is 38.5 Å². The Balaban J connectivity index is 1.78. The average molecular weight is 412 g/mol. The van der Waals surface area contributed by atoms with Crippen molar-refractivity contribution in [3.05, 3.63) is 75.8 Å². The number of carbonyl (C=O) groups excluding carboxylic acids is 2. The molecule has 0 spiro atoms. The van der Waals surface area contributed by atoms with Crippen LogP contribution in [-0.2, 0) is 9.47 Å². The monoisotopic (exact) mass is 412 g/mol. The molecule has 8 nitrogen and oxygen atoms in total. The quantitative estimate of drug-likeness (QED) is 0.425. The fourth-order valence-corrected chi connectivity index (χ4v) is 3.31. The summed E-state index contributed by atoms with van der Waals surface area (Å²) in [5.74, 6) is -0.803. The molecule has 1 saturated heterocycles. The molecular formula is C22H24N2O6. The van der Waals surface area contributed by atoms with Crippen molar-refractivity contribution in [1.82, 2.24) is 4.90 Å². The molecule has 1 unspecified atom stereocenters. The Bertz CT molecular complexity index is 921. The van der Waals surface area contributed by atoms with E-state index in [-0.39, 0.29) is 23.7 Å². The molecule has 0 aliphatic carbocycles. The molecule has 1 heterocycles. The Hall–Kier alpha value is -3.42. The van der Waals surface area contributed by atoms with Gasteiger partial charge in [-0.15, -0.1) is 0 Å². The van der Waals surface area contributed by atoms with Crippen molar-refractivity contribution in [1.29, 1.82) is 0 Å². The predicted molar refractivity (Wildman–Crippen MR) is 109 cm³/mol. The van der Waals surface area contributed by atoms with Crippen LogP contribution in [0.25, 0.3) is 0 Å². The van der Waals surface area contributed by atoms with Crippen molar-refractivity contribution in [3.8, 4) is 0 Å². The number of likely N-dealkylation sites (tertiary alicyclic amines) is 1. The summed E-state index contributed by atoms with van der Waals surface area (Å²) in [5, 5.41) is 10.8. The topological polar surface area (TPSA) is 99.0 Å². The van der Waals surface area contributed by atoms with Crippen LogP contribution in [0, 0.1) is 10.1 Å². The molecular weight excluding hydrogens is 388 g/mol. The van der Waals surface area contributed by atoms with E-state index in [1.807, 2.05) is 30.3 Å². The maximum absolute atomic E-state index is 12.6. The molecule has 158 valence electrons. The van der Waals surface area contributed by atoms with E-state index in [9.17, 15) is 19.7 Å². The number of nitro benzene ring substituents is 1. The number of carbonyl (C=O) groups is 2. The van der Waals surface area contributed by atoms with Gasteiger partial charge in [0.2, 0.25) is 0 Å². The van der Waals surface area contributed by atoms with Gasteiger partial charge in [-0.2, -0.15) is 0 Å². The van der Waals surface area contributed by atoms with Crippen LogP contribution in [0.4, 0.5) is 10.5 Å². The zero-order valence-electron chi connectivity index (χ0n) is 17.1. The van der Waals surface area contributed by atoms with E-state index >= 15 is 0 Å². The van der Waals surface area contributed by atoms with Crippen LogP contribution in [0.5, 0.6) is 0 Å². The number of rotatable bonds is 4. The van der Waals surface area contributed by atoms with Crippen molar-refractivity contribution in [2.45, 2.75) is 38.4 Å². The first kappa shape index (κ1) is 21.3. The van der Waals surface area contributed by atoms with Gasteiger partial charge in [0.05, 0.1) is 17.0 Å². The van der Waals surface area contributed by atoms with Crippen molar-refractivity contribution >= 4 is 17.7 Å². The molecule has 30 heavy (non-hydrogen) atoms. The number of non-ortho nitro benzene ring substituents is 1. The summed E-state index contributed by atoms with van der Waals surface area (Å²) in [6, 6.07) is 14.8. The van der Waals surface area contributed by atoms with E-state index in [4.69, 9.17) is 9.47 Å². The summed E-state index contributed by atoms with van der Waals surface area (Å²) >= 11 is 0. The zero-order chi connectivity index (χ0) is 21.9. The normalized spacial score (nSPS) is 18.7.